The Bertz CT molecular complexity index is 713. The molecule has 3 rings (SSSR count). The first-order chi connectivity index (χ1) is 12.2. The zero-order chi connectivity index (χ0) is 17.6. The molecule has 132 valence electrons. The fraction of sp³-hybridized carbons (Fsp3) is 0.316. The lowest BCUT2D eigenvalue weighted by Crippen LogP contribution is -2.50. The lowest BCUT2D eigenvalue weighted by Gasteiger charge is -2.36. The van der Waals surface area contributed by atoms with Crippen LogP contribution in [0.2, 0.25) is 0 Å². The van der Waals surface area contributed by atoms with Gasteiger partial charge in [-0.25, -0.2) is 9.18 Å². The summed E-state index contributed by atoms with van der Waals surface area (Å²) in [6, 6.07) is 13.7. The molecule has 1 heterocycles. The zero-order valence-corrected chi connectivity index (χ0v) is 14.2. The average molecular weight is 343 g/mol. The van der Waals surface area contributed by atoms with Crippen molar-refractivity contribution in [2.45, 2.75) is 6.92 Å². The van der Waals surface area contributed by atoms with Crippen molar-refractivity contribution >= 4 is 17.4 Å². The van der Waals surface area contributed by atoms with Crippen LogP contribution < -0.4 is 15.0 Å². The number of carbonyl (C=O) groups is 1. The van der Waals surface area contributed by atoms with E-state index < -0.39 is 0 Å². The van der Waals surface area contributed by atoms with E-state index in [4.69, 9.17) is 4.74 Å². The van der Waals surface area contributed by atoms with Gasteiger partial charge in [-0.2, -0.15) is 0 Å². The fourth-order valence-corrected chi connectivity index (χ4v) is 2.86. The van der Waals surface area contributed by atoms with Gasteiger partial charge in [-0.3, -0.25) is 0 Å². The molecule has 0 unspecified atom stereocenters. The molecule has 0 saturated carbocycles. The van der Waals surface area contributed by atoms with Crippen molar-refractivity contribution in [3.05, 3.63) is 54.3 Å². The van der Waals surface area contributed by atoms with Crippen LogP contribution in [0.4, 0.5) is 20.6 Å². The minimum absolute atomic E-state index is 0.197. The molecule has 0 bridgehead atoms. The highest BCUT2D eigenvalue weighted by atomic mass is 19.1. The summed E-state index contributed by atoms with van der Waals surface area (Å²) in [7, 11) is 0. The lowest BCUT2D eigenvalue weighted by atomic mass is 10.2. The van der Waals surface area contributed by atoms with Gasteiger partial charge in [0, 0.05) is 37.6 Å². The molecule has 25 heavy (non-hydrogen) atoms. The Labute approximate surface area is 147 Å². The van der Waals surface area contributed by atoms with Gasteiger partial charge in [0.1, 0.15) is 11.6 Å². The van der Waals surface area contributed by atoms with Crippen LogP contribution in [0.5, 0.6) is 5.75 Å². The van der Waals surface area contributed by atoms with Crippen molar-refractivity contribution < 1.29 is 13.9 Å². The molecule has 1 N–H and O–H groups in total. The highest BCUT2D eigenvalue weighted by molar-refractivity contribution is 5.89. The fourth-order valence-electron chi connectivity index (χ4n) is 2.86. The van der Waals surface area contributed by atoms with E-state index in [-0.39, 0.29) is 11.8 Å². The van der Waals surface area contributed by atoms with E-state index in [1.54, 1.807) is 17.0 Å². The SMILES string of the molecule is CCOc1ccc(N2CCN(C(=O)Nc3cccc(F)c3)CC2)cc1. The Balaban J connectivity index is 1.53. The van der Waals surface area contributed by atoms with Gasteiger partial charge in [0.15, 0.2) is 0 Å². The van der Waals surface area contributed by atoms with Gasteiger partial charge in [0.2, 0.25) is 0 Å². The van der Waals surface area contributed by atoms with Crippen molar-refractivity contribution in [1.82, 2.24) is 4.90 Å². The van der Waals surface area contributed by atoms with Gasteiger partial charge in [0.05, 0.1) is 6.61 Å². The first-order valence-corrected chi connectivity index (χ1v) is 8.45. The van der Waals surface area contributed by atoms with Crippen LogP contribution in [0.15, 0.2) is 48.5 Å². The molecule has 2 amide bonds. The maximum absolute atomic E-state index is 13.2. The largest absolute Gasteiger partial charge is 0.494 e. The Kier molecular flexibility index (Phi) is 5.38. The first-order valence-electron chi connectivity index (χ1n) is 8.45. The minimum atomic E-state index is -0.363. The van der Waals surface area contributed by atoms with Crippen molar-refractivity contribution in [3.63, 3.8) is 0 Å². The third-order valence-electron chi connectivity index (χ3n) is 4.16. The van der Waals surface area contributed by atoms with Crippen LogP contribution in [0.1, 0.15) is 6.92 Å². The molecular weight excluding hydrogens is 321 g/mol. The van der Waals surface area contributed by atoms with Gasteiger partial charge in [-0.05, 0) is 49.4 Å². The number of benzene rings is 2. The number of hydrogen-bond acceptors (Lipinski definition) is 3. The van der Waals surface area contributed by atoms with Crippen molar-refractivity contribution in [2.75, 3.05) is 43.0 Å². The summed E-state index contributed by atoms with van der Waals surface area (Å²) in [6.45, 7) is 5.36. The summed E-state index contributed by atoms with van der Waals surface area (Å²) in [5.74, 6) is 0.498. The maximum Gasteiger partial charge on any atom is 0.321 e. The van der Waals surface area contributed by atoms with Crippen molar-refractivity contribution in [2.24, 2.45) is 0 Å². The van der Waals surface area contributed by atoms with Gasteiger partial charge in [-0.1, -0.05) is 6.07 Å². The first kappa shape index (κ1) is 17.1. The van der Waals surface area contributed by atoms with Crippen molar-refractivity contribution in [3.8, 4) is 5.75 Å². The number of rotatable bonds is 4. The molecule has 0 atom stereocenters. The van der Waals surface area contributed by atoms with E-state index in [9.17, 15) is 9.18 Å². The number of hydrogen-bond donors (Lipinski definition) is 1. The predicted octanol–water partition coefficient (Wildman–Crippen LogP) is 3.58. The van der Waals surface area contributed by atoms with Crippen molar-refractivity contribution in [1.29, 1.82) is 0 Å². The molecule has 1 saturated heterocycles. The van der Waals surface area contributed by atoms with E-state index in [0.717, 1.165) is 24.5 Å². The molecule has 6 heteroatoms. The average Bonchev–Trinajstić information content (AvgIpc) is 2.63. The minimum Gasteiger partial charge on any atom is -0.494 e. The number of amides is 2. The Morgan fingerprint density at radius 3 is 2.48 bits per heavy atom. The molecule has 5 nitrogen and oxygen atoms in total. The summed E-state index contributed by atoms with van der Waals surface area (Å²) < 4.78 is 18.7. The molecule has 0 radical (unpaired) electrons. The Morgan fingerprint density at radius 2 is 1.84 bits per heavy atom. The smallest absolute Gasteiger partial charge is 0.321 e. The van der Waals surface area contributed by atoms with Crippen LogP contribution >= 0.6 is 0 Å². The summed E-state index contributed by atoms with van der Waals surface area (Å²) in [6.07, 6.45) is 0. The quantitative estimate of drug-likeness (QED) is 0.923. The van der Waals surface area contributed by atoms with Crippen LogP contribution in [0, 0.1) is 5.82 Å². The highest BCUT2D eigenvalue weighted by Crippen LogP contribution is 2.21. The molecule has 1 fully saturated rings. The van der Waals surface area contributed by atoms with Crippen LogP contribution in [0.3, 0.4) is 0 Å². The lowest BCUT2D eigenvalue weighted by molar-refractivity contribution is 0.208. The summed E-state index contributed by atoms with van der Waals surface area (Å²) in [4.78, 5) is 16.3. The molecule has 0 aliphatic carbocycles. The number of piperazine rings is 1. The van der Waals surface area contributed by atoms with E-state index in [1.807, 2.05) is 31.2 Å². The molecule has 1 aliphatic rings. The standard InChI is InChI=1S/C19H22FN3O2/c1-2-25-18-8-6-17(7-9-18)22-10-12-23(13-11-22)19(24)21-16-5-3-4-15(20)14-16/h3-9,14H,2,10-13H2,1H3,(H,21,24). The normalized spacial score (nSPS) is 14.3. The summed E-state index contributed by atoms with van der Waals surface area (Å²) in [5, 5.41) is 2.74. The molecular formula is C19H22FN3O2. The number of nitrogens with zero attached hydrogens (tertiary/aromatic N) is 2. The van der Waals surface area contributed by atoms with E-state index in [2.05, 4.69) is 10.2 Å². The molecule has 0 spiro atoms. The number of anilines is 2. The third kappa shape index (κ3) is 4.41. The van der Waals surface area contributed by atoms with Crippen LogP contribution in [0.25, 0.3) is 0 Å². The second kappa shape index (κ2) is 7.88. The van der Waals surface area contributed by atoms with Gasteiger partial charge >= 0.3 is 6.03 Å². The number of halogens is 1. The van der Waals surface area contributed by atoms with Gasteiger partial charge in [0.25, 0.3) is 0 Å². The number of urea groups is 1. The monoisotopic (exact) mass is 343 g/mol. The number of nitrogens with one attached hydrogen (secondary N) is 1. The second-order valence-electron chi connectivity index (χ2n) is 5.84. The molecule has 0 aromatic heterocycles. The van der Waals surface area contributed by atoms with Crippen LogP contribution in [-0.2, 0) is 0 Å². The summed E-state index contributed by atoms with van der Waals surface area (Å²) in [5.41, 5.74) is 1.59. The number of ether oxygens (including phenoxy) is 1. The zero-order valence-electron chi connectivity index (χ0n) is 14.2. The van der Waals surface area contributed by atoms with Crippen LogP contribution in [-0.4, -0.2) is 43.7 Å². The number of carbonyl (C=O) groups excluding carboxylic acids is 1. The van der Waals surface area contributed by atoms with E-state index in [0.29, 0.717) is 25.4 Å². The second-order valence-corrected chi connectivity index (χ2v) is 5.84. The molecule has 2 aromatic rings. The highest BCUT2D eigenvalue weighted by Gasteiger charge is 2.21. The Hall–Kier alpha value is -2.76. The third-order valence-corrected chi connectivity index (χ3v) is 4.16. The molecule has 2 aromatic carbocycles. The maximum atomic E-state index is 13.2. The van der Waals surface area contributed by atoms with Gasteiger partial charge in [-0.15, -0.1) is 0 Å². The van der Waals surface area contributed by atoms with E-state index in [1.165, 1.54) is 12.1 Å². The Morgan fingerprint density at radius 1 is 1.12 bits per heavy atom. The topological polar surface area (TPSA) is 44.8 Å². The van der Waals surface area contributed by atoms with E-state index >= 15 is 0 Å². The van der Waals surface area contributed by atoms with Gasteiger partial charge < -0.3 is 19.9 Å². The molecule has 1 aliphatic heterocycles. The summed E-state index contributed by atoms with van der Waals surface area (Å²) >= 11 is 0. The predicted molar refractivity (Wildman–Crippen MR) is 96.8 cm³/mol.